The highest BCUT2D eigenvalue weighted by Crippen LogP contribution is 2.23. The van der Waals surface area contributed by atoms with Crippen LogP contribution in [0.3, 0.4) is 0 Å². The zero-order valence-electron chi connectivity index (χ0n) is 7.02. The number of aromatic nitrogens is 1. The molecular weight excluding hydrogens is 136 g/mol. The van der Waals surface area contributed by atoms with Crippen molar-refractivity contribution in [3.05, 3.63) is 23.5 Å². The van der Waals surface area contributed by atoms with E-state index in [1.807, 2.05) is 6.20 Å². The van der Waals surface area contributed by atoms with Gasteiger partial charge in [0.1, 0.15) is 0 Å². The Bertz CT molecular complexity index is 252. The lowest BCUT2D eigenvalue weighted by Gasteiger charge is -2.26. The van der Waals surface area contributed by atoms with E-state index in [1.54, 1.807) is 0 Å². The van der Waals surface area contributed by atoms with Crippen molar-refractivity contribution in [2.45, 2.75) is 32.4 Å². The zero-order chi connectivity index (χ0) is 7.84. The highest BCUT2D eigenvalue weighted by molar-refractivity contribution is 5.27. The van der Waals surface area contributed by atoms with Gasteiger partial charge in [0.05, 0.1) is 0 Å². The van der Waals surface area contributed by atoms with Crippen molar-refractivity contribution in [2.24, 2.45) is 0 Å². The summed E-state index contributed by atoms with van der Waals surface area (Å²) in [6.45, 7) is 4.43. The molecule has 11 heavy (non-hydrogen) atoms. The first-order valence-electron chi connectivity index (χ1n) is 4.19. The summed E-state index contributed by atoms with van der Waals surface area (Å²) >= 11 is 0. The summed E-state index contributed by atoms with van der Waals surface area (Å²) in [5.74, 6) is 0. The first-order valence-corrected chi connectivity index (χ1v) is 4.19. The third kappa shape index (κ3) is 1.07. The number of H-pyrrole nitrogens is 1. The number of aromatic amines is 1. The molecule has 2 rings (SSSR count). The molecule has 0 bridgehead atoms. The summed E-state index contributed by atoms with van der Waals surface area (Å²) < 4.78 is 0. The number of hydrogen-bond acceptors (Lipinski definition) is 1. The Morgan fingerprint density at radius 1 is 1.45 bits per heavy atom. The van der Waals surface area contributed by atoms with E-state index < -0.39 is 0 Å². The van der Waals surface area contributed by atoms with E-state index in [1.165, 1.54) is 11.3 Å². The van der Waals surface area contributed by atoms with Gasteiger partial charge < -0.3 is 10.3 Å². The summed E-state index contributed by atoms with van der Waals surface area (Å²) in [6.07, 6.45) is 3.16. The minimum Gasteiger partial charge on any atom is -0.365 e. The molecule has 0 fully saturated rings. The van der Waals surface area contributed by atoms with E-state index >= 15 is 0 Å². The lowest BCUT2D eigenvalue weighted by atomic mass is 9.98. The third-order valence-corrected chi connectivity index (χ3v) is 2.38. The molecule has 1 aromatic rings. The standard InChI is InChI=1S/C9H14N2/c1-6-5-9-8(3-4-10-9)7(2)11-6/h3-4,6-7,10-11H,5H2,1-2H3/t6-,7-/m1/s1. The van der Waals surface area contributed by atoms with Gasteiger partial charge in [-0.3, -0.25) is 0 Å². The van der Waals surface area contributed by atoms with E-state index in [-0.39, 0.29) is 0 Å². The van der Waals surface area contributed by atoms with Crippen LogP contribution in [-0.4, -0.2) is 11.0 Å². The van der Waals surface area contributed by atoms with E-state index in [0.29, 0.717) is 12.1 Å². The van der Waals surface area contributed by atoms with E-state index in [4.69, 9.17) is 0 Å². The van der Waals surface area contributed by atoms with Crippen LogP contribution in [0.1, 0.15) is 31.1 Å². The third-order valence-electron chi connectivity index (χ3n) is 2.38. The minimum absolute atomic E-state index is 0.514. The van der Waals surface area contributed by atoms with Crippen LogP contribution < -0.4 is 5.32 Å². The van der Waals surface area contributed by atoms with Gasteiger partial charge in [-0.1, -0.05) is 0 Å². The molecule has 0 unspecified atom stereocenters. The zero-order valence-corrected chi connectivity index (χ0v) is 7.02. The van der Waals surface area contributed by atoms with Crippen LogP contribution in [0.5, 0.6) is 0 Å². The van der Waals surface area contributed by atoms with E-state index in [2.05, 4.69) is 30.2 Å². The minimum atomic E-state index is 0.514. The number of hydrogen-bond donors (Lipinski definition) is 2. The highest BCUT2D eigenvalue weighted by atomic mass is 15.0. The average molecular weight is 150 g/mol. The molecule has 60 valence electrons. The molecule has 0 saturated carbocycles. The molecule has 2 atom stereocenters. The molecule has 0 amide bonds. The second-order valence-electron chi connectivity index (χ2n) is 3.41. The van der Waals surface area contributed by atoms with Crippen molar-refractivity contribution >= 4 is 0 Å². The molecule has 1 aliphatic rings. The van der Waals surface area contributed by atoms with Crippen molar-refractivity contribution in [1.82, 2.24) is 10.3 Å². The predicted molar refractivity (Wildman–Crippen MR) is 45.5 cm³/mol. The molecule has 0 radical (unpaired) electrons. The Kier molecular flexibility index (Phi) is 1.50. The summed E-state index contributed by atoms with van der Waals surface area (Å²) in [4.78, 5) is 3.28. The maximum absolute atomic E-state index is 3.50. The SMILES string of the molecule is C[C@@H]1Cc2[nH]ccc2[C@@H](C)N1. The lowest BCUT2D eigenvalue weighted by molar-refractivity contribution is 0.443. The fraction of sp³-hybridized carbons (Fsp3) is 0.556. The van der Waals surface area contributed by atoms with Crippen molar-refractivity contribution in [1.29, 1.82) is 0 Å². The summed E-state index contributed by atoms with van der Waals surface area (Å²) in [5.41, 5.74) is 2.84. The molecule has 1 aliphatic heterocycles. The average Bonchev–Trinajstić information content (AvgIpc) is 2.34. The Labute approximate surface area is 67.0 Å². The van der Waals surface area contributed by atoms with Crippen LogP contribution >= 0.6 is 0 Å². The Hall–Kier alpha value is -0.760. The molecule has 0 aliphatic carbocycles. The Morgan fingerprint density at radius 3 is 3.09 bits per heavy atom. The van der Waals surface area contributed by atoms with Gasteiger partial charge in [-0.05, 0) is 25.5 Å². The largest absolute Gasteiger partial charge is 0.365 e. The van der Waals surface area contributed by atoms with Gasteiger partial charge in [0.2, 0.25) is 0 Å². The van der Waals surface area contributed by atoms with Gasteiger partial charge in [0.15, 0.2) is 0 Å². The van der Waals surface area contributed by atoms with Crippen molar-refractivity contribution in [3.8, 4) is 0 Å². The van der Waals surface area contributed by atoms with Crippen LogP contribution in [0.25, 0.3) is 0 Å². The number of nitrogens with one attached hydrogen (secondary N) is 2. The van der Waals surface area contributed by atoms with Gasteiger partial charge >= 0.3 is 0 Å². The maximum Gasteiger partial charge on any atom is 0.0312 e. The first kappa shape index (κ1) is 6.92. The molecule has 2 nitrogen and oxygen atoms in total. The number of rotatable bonds is 0. The van der Waals surface area contributed by atoms with Crippen LogP contribution in [0.15, 0.2) is 12.3 Å². The second-order valence-corrected chi connectivity index (χ2v) is 3.41. The topological polar surface area (TPSA) is 27.8 Å². The van der Waals surface area contributed by atoms with Crippen LogP contribution in [0.4, 0.5) is 0 Å². The molecule has 2 N–H and O–H groups in total. The van der Waals surface area contributed by atoms with Crippen molar-refractivity contribution in [2.75, 3.05) is 0 Å². The van der Waals surface area contributed by atoms with Gasteiger partial charge in [-0.2, -0.15) is 0 Å². The van der Waals surface area contributed by atoms with E-state index in [9.17, 15) is 0 Å². The van der Waals surface area contributed by atoms with Gasteiger partial charge in [0.25, 0.3) is 0 Å². The molecule has 0 spiro atoms. The molecular formula is C9H14N2. The van der Waals surface area contributed by atoms with Crippen LogP contribution in [0.2, 0.25) is 0 Å². The summed E-state index contributed by atoms with van der Waals surface area (Å²) in [5, 5.41) is 3.50. The molecule has 0 aromatic carbocycles. The summed E-state index contributed by atoms with van der Waals surface area (Å²) in [7, 11) is 0. The normalized spacial score (nSPS) is 30.0. The Morgan fingerprint density at radius 2 is 2.27 bits per heavy atom. The monoisotopic (exact) mass is 150 g/mol. The molecule has 2 heteroatoms. The molecule has 0 saturated heterocycles. The quantitative estimate of drug-likeness (QED) is 0.577. The van der Waals surface area contributed by atoms with Crippen LogP contribution in [-0.2, 0) is 6.42 Å². The first-order chi connectivity index (χ1) is 5.27. The van der Waals surface area contributed by atoms with Crippen molar-refractivity contribution < 1.29 is 0 Å². The van der Waals surface area contributed by atoms with E-state index in [0.717, 1.165) is 6.42 Å². The smallest absolute Gasteiger partial charge is 0.0312 e. The number of fused-ring (bicyclic) bond motifs is 1. The van der Waals surface area contributed by atoms with Gasteiger partial charge in [0, 0.05) is 30.4 Å². The molecule has 1 aromatic heterocycles. The lowest BCUT2D eigenvalue weighted by Crippen LogP contribution is -2.35. The summed E-state index contributed by atoms with van der Waals surface area (Å²) in [6, 6.07) is 3.29. The van der Waals surface area contributed by atoms with Gasteiger partial charge in [-0.15, -0.1) is 0 Å². The maximum atomic E-state index is 3.50. The fourth-order valence-corrected chi connectivity index (χ4v) is 1.88. The predicted octanol–water partition coefficient (Wildman–Crippen LogP) is 1.61. The van der Waals surface area contributed by atoms with Crippen molar-refractivity contribution in [3.63, 3.8) is 0 Å². The highest BCUT2D eigenvalue weighted by Gasteiger charge is 2.20. The van der Waals surface area contributed by atoms with Gasteiger partial charge in [-0.25, -0.2) is 0 Å². The Balaban J connectivity index is 2.36. The second kappa shape index (κ2) is 2.38. The van der Waals surface area contributed by atoms with Crippen LogP contribution in [0, 0.1) is 0 Å². The fourth-order valence-electron chi connectivity index (χ4n) is 1.88. The molecule has 2 heterocycles.